The SMILES string of the molecule is NC1(Cc2ccc(F)c(Cl)c2)CCOC1. The molecule has 1 heterocycles. The monoisotopic (exact) mass is 229 g/mol. The van der Waals surface area contributed by atoms with Crippen LogP contribution in [-0.2, 0) is 11.2 Å². The number of benzene rings is 1. The highest BCUT2D eigenvalue weighted by Gasteiger charge is 2.30. The van der Waals surface area contributed by atoms with Gasteiger partial charge in [-0.05, 0) is 30.5 Å². The Labute approximate surface area is 93.2 Å². The van der Waals surface area contributed by atoms with Crippen molar-refractivity contribution in [1.29, 1.82) is 0 Å². The van der Waals surface area contributed by atoms with Gasteiger partial charge in [0, 0.05) is 12.1 Å². The fourth-order valence-corrected chi connectivity index (χ4v) is 2.02. The van der Waals surface area contributed by atoms with Gasteiger partial charge in [-0.2, -0.15) is 0 Å². The highest BCUT2D eigenvalue weighted by atomic mass is 35.5. The van der Waals surface area contributed by atoms with Gasteiger partial charge in [0.1, 0.15) is 5.82 Å². The van der Waals surface area contributed by atoms with E-state index in [9.17, 15) is 4.39 Å². The van der Waals surface area contributed by atoms with Crippen LogP contribution in [0, 0.1) is 5.82 Å². The zero-order valence-corrected chi connectivity index (χ0v) is 9.06. The van der Waals surface area contributed by atoms with Gasteiger partial charge in [0.05, 0.1) is 11.6 Å². The van der Waals surface area contributed by atoms with E-state index in [0.29, 0.717) is 19.6 Å². The van der Waals surface area contributed by atoms with Gasteiger partial charge >= 0.3 is 0 Å². The first-order valence-corrected chi connectivity index (χ1v) is 5.27. The molecule has 1 fully saturated rings. The van der Waals surface area contributed by atoms with Crippen molar-refractivity contribution in [1.82, 2.24) is 0 Å². The third kappa shape index (κ3) is 2.48. The maximum atomic E-state index is 12.9. The van der Waals surface area contributed by atoms with Crippen LogP contribution >= 0.6 is 11.6 Å². The molecule has 1 unspecified atom stereocenters. The summed E-state index contributed by atoms with van der Waals surface area (Å²) in [7, 11) is 0. The zero-order chi connectivity index (χ0) is 10.9. The molecule has 0 aliphatic carbocycles. The molecular formula is C11H13ClFNO. The summed E-state index contributed by atoms with van der Waals surface area (Å²) in [6, 6.07) is 4.72. The predicted molar refractivity (Wildman–Crippen MR) is 57.5 cm³/mol. The Hall–Kier alpha value is -0.640. The maximum Gasteiger partial charge on any atom is 0.141 e. The molecule has 1 aromatic rings. The topological polar surface area (TPSA) is 35.2 Å². The number of rotatable bonds is 2. The molecule has 0 spiro atoms. The van der Waals surface area contributed by atoms with Crippen molar-refractivity contribution in [2.75, 3.05) is 13.2 Å². The summed E-state index contributed by atoms with van der Waals surface area (Å²) in [6.07, 6.45) is 1.51. The Morgan fingerprint density at radius 1 is 1.53 bits per heavy atom. The quantitative estimate of drug-likeness (QED) is 0.844. The summed E-state index contributed by atoms with van der Waals surface area (Å²) in [6.45, 7) is 1.26. The molecule has 1 aliphatic heterocycles. The summed E-state index contributed by atoms with van der Waals surface area (Å²) in [5.41, 5.74) is 6.75. The van der Waals surface area contributed by atoms with E-state index in [2.05, 4.69) is 0 Å². The summed E-state index contributed by atoms with van der Waals surface area (Å²) in [4.78, 5) is 0. The minimum atomic E-state index is -0.394. The lowest BCUT2D eigenvalue weighted by atomic mass is 9.91. The minimum Gasteiger partial charge on any atom is -0.379 e. The lowest BCUT2D eigenvalue weighted by molar-refractivity contribution is 0.178. The highest BCUT2D eigenvalue weighted by Crippen LogP contribution is 2.23. The lowest BCUT2D eigenvalue weighted by Gasteiger charge is -2.21. The van der Waals surface area contributed by atoms with Crippen LogP contribution in [0.2, 0.25) is 5.02 Å². The van der Waals surface area contributed by atoms with Crippen molar-refractivity contribution in [2.24, 2.45) is 5.73 Å². The van der Waals surface area contributed by atoms with Crippen molar-refractivity contribution >= 4 is 11.6 Å². The average Bonchev–Trinajstić information content (AvgIpc) is 2.59. The molecule has 1 aromatic carbocycles. The van der Waals surface area contributed by atoms with E-state index in [4.69, 9.17) is 22.1 Å². The van der Waals surface area contributed by atoms with Crippen LogP contribution in [0.3, 0.4) is 0 Å². The molecule has 0 saturated carbocycles. The normalized spacial score (nSPS) is 25.8. The molecule has 2 nitrogen and oxygen atoms in total. The molecule has 2 rings (SSSR count). The fraction of sp³-hybridized carbons (Fsp3) is 0.455. The second kappa shape index (κ2) is 4.08. The molecule has 0 radical (unpaired) electrons. The molecular weight excluding hydrogens is 217 g/mol. The average molecular weight is 230 g/mol. The van der Waals surface area contributed by atoms with Crippen LogP contribution in [0.5, 0.6) is 0 Å². The second-order valence-corrected chi connectivity index (χ2v) is 4.50. The summed E-state index contributed by atoms with van der Waals surface area (Å²) < 4.78 is 18.2. The van der Waals surface area contributed by atoms with E-state index >= 15 is 0 Å². The van der Waals surface area contributed by atoms with Crippen molar-refractivity contribution in [3.8, 4) is 0 Å². The van der Waals surface area contributed by atoms with E-state index in [1.165, 1.54) is 6.07 Å². The Morgan fingerprint density at radius 2 is 2.33 bits per heavy atom. The van der Waals surface area contributed by atoms with E-state index in [1.54, 1.807) is 12.1 Å². The van der Waals surface area contributed by atoms with Crippen LogP contribution < -0.4 is 5.73 Å². The Morgan fingerprint density at radius 3 is 2.93 bits per heavy atom. The van der Waals surface area contributed by atoms with Crippen molar-refractivity contribution in [3.05, 3.63) is 34.6 Å². The largest absolute Gasteiger partial charge is 0.379 e. The molecule has 4 heteroatoms. The summed E-state index contributed by atoms with van der Waals surface area (Å²) in [5, 5.41) is 0.148. The zero-order valence-electron chi connectivity index (χ0n) is 8.30. The first-order chi connectivity index (χ1) is 7.09. The molecule has 15 heavy (non-hydrogen) atoms. The van der Waals surface area contributed by atoms with Gasteiger partial charge in [-0.3, -0.25) is 0 Å². The standard InChI is InChI=1S/C11H13ClFNO/c12-9-5-8(1-2-10(9)13)6-11(14)3-4-15-7-11/h1-2,5H,3-4,6-7,14H2. The van der Waals surface area contributed by atoms with Crippen LogP contribution in [0.25, 0.3) is 0 Å². The van der Waals surface area contributed by atoms with Gasteiger partial charge < -0.3 is 10.5 Å². The summed E-state index contributed by atoms with van der Waals surface area (Å²) >= 11 is 5.70. The van der Waals surface area contributed by atoms with E-state index in [-0.39, 0.29) is 10.6 Å². The van der Waals surface area contributed by atoms with E-state index in [0.717, 1.165) is 12.0 Å². The third-order valence-corrected chi connectivity index (χ3v) is 2.96. The van der Waals surface area contributed by atoms with Crippen molar-refractivity contribution in [3.63, 3.8) is 0 Å². The smallest absolute Gasteiger partial charge is 0.141 e. The van der Waals surface area contributed by atoms with Gasteiger partial charge in [-0.1, -0.05) is 17.7 Å². The number of halogens is 2. The molecule has 1 saturated heterocycles. The van der Waals surface area contributed by atoms with Crippen LogP contribution in [0.4, 0.5) is 4.39 Å². The number of hydrogen-bond donors (Lipinski definition) is 1. The third-order valence-electron chi connectivity index (χ3n) is 2.67. The van der Waals surface area contributed by atoms with Crippen LogP contribution in [-0.4, -0.2) is 18.8 Å². The Bertz CT molecular complexity index is 364. The Balaban J connectivity index is 2.13. The lowest BCUT2D eigenvalue weighted by Crippen LogP contribution is -2.42. The molecule has 0 bridgehead atoms. The molecule has 1 aliphatic rings. The van der Waals surface area contributed by atoms with Gasteiger partial charge in [0.2, 0.25) is 0 Å². The van der Waals surface area contributed by atoms with Crippen LogP contribution in [0.15, 0.2) is 18.2 Å². The molecule has 82 valence electrons. The van der Waals surface area contributed by atoms with Gasteiger partial charge in [-0.25, -0.2) is 4.39 Å². The number of ether oxygens (including phenoxy) is 1. The minimum absolute atomic E-state index is 0.148. The predicted octanol–water partition coefficient (Wildman–Crippen LogP) is 2.14. The first-order valence-electron chi connectivity index (χ1n) is 4.90. The molecule has 0 aromatic heterocycles. The van der Waals surface area contributed by atoms with Crippen molar-refractivity contribution in [2.45, 2.75) is 18.4 Å². The van der Waals surface area contributed by atoms with Gasteiger partial charge in [-0.15, -0.1) is 0 Å². The van der Waals surface area contributed by atoms with Crippen molar-refractivity contribution < 1.29 is 9.13 Å². The second-order valence-electron chi connectivity index (χ2n) is 4.09. The van der Waals surface area contributed by atoms with E-state index in [1.807, 2.05) is 0 Å². The fourth-order valence-electron chi connectivity index (χ4n) is 1.82. The molecule has 1 atom stereocenters. The van der Waals surface area contributed by atoms with Crippen LogP contribution in [0.1, 0.15) is 12.0 Å². The van der Waals surface area contributed by atoms with E-state index < -0.39 is 5.82 Å². The highest BCUT2D eigenvalue weighted by molar-refractivity contribution is 6.30. The van der Waals surface area contributed by atoms with Gasteiger partial charge in [0.25, 0.3) is 0 Å². The number of nitrogens with two attached hydrogens (primary N) is 1. The number of hydrogen-bond acceptors (Lipinski definition) is 2. The molecule has 0 amide bonds. The maximum absolute atomic E-state index is 12.9. The first kappa shape index (κ1) is 10.9. The molecule has 2 N–H and O–H groups in total. The Kier molecular flexibility index (Phi) is 2.96. The van der Waals surface area contributed by atoms with Gasteiger partial charge in [0.15, 0.2) is 0 Å². The summed E-state index contributed by atoms with van der Waals surface area (Å²) in [5.74, 6) is -0.394.